The fraction of sp³-hybridized carbons (Fsp3) is 0.370. The molecule has 2 aromatic carbocycles. The SMILES string of the molecule is Cl.Cl.NC(N)=NCCC[C@H](Nc1ccc(O)c(C(=O)O)c1)C(=O)NC(=O)[C@@H]1CCCN1C(=O)[C@H](N)Cc1ccccc1. The van der Waals surface area contributed by atoms with E-state index < -0.39 is 41.7 Å². The molecule has 1 fully saturated rings. The van der Waals surface area contributed by atoms with Gasteiger partial charge < -0.3 is 37.6 Å². The highest BCUT2D eigenvalue weighted by molar-refractivity contribution is 6.02. The van der Waals surface area contributed by atoms with E-state index in [1.165, 1.54) is 23.1 Å². The highest BCUT2D eigenvalue weighted by Crippen LogP contribution is 2.23. The smallest absolute Gasteiger partial charge is 0.339 e. The van der Waals surface area contributed by atoms with Gasteiger partial charge in [0.25, 0.3) is 0 Å². The van der Waals surface area contributed by atoms with Crippen LogP contribution in [0.2, 0.25) is 0 Å². The van der Waals surface area contributed by atoms with Crippen LogP contribution in [-0.2, 0) is 20.8 Å². The monoisotopic (exact) mass is 625 g/mol. The minimum absolute atomic E-state index is 0. The number of phenols is 1. The summed E-state index contributed by atoms with van der Waals surface area (Å²) in [7, 11) is 0. The maximum Gasteiger partial charge on any atom is 0.339 e. The average molecular weight is 627 g/mol. The first-order valence-electron chi connectivity index (χ1n) is 12.9. The summed E-state index contributed by atoms with van der Waals surface area (Å²) < 4.78 is 0. The number of benzene rings is 2. The maximum atomic E-state index is 13.2. The number of likely N-dealkylation sites (tertiary alicyclic amines) is 1. The standard InChI is InChI=1S/C27H35N7O6.2ClH/c28-19(14-16-6-2-1-3-7-16)25(38)34-13-5-9-21(34)24(37)33-23(36)20(8-4-12-31-27(29)30)32-17-10-11-22(35)18(15-17)26(39)40;;/h1-3,6-7,10-11,15,19-21,32,35H,4-5,8-9,12-14,28H2,(H,39,40)(H4,29,30,31)(H,33,36,37);2*1H/t19-,20+,21+;;/m1../s1. The molecule has 0 saturated carbocycles. The fourth-order valence-electron chi connectivity index (χ4n) is 4.53. The summed E-state index contributed by atoms with van der Waals surface area (Å²) in [4.78, 5) is 56.2. The number of amides is 3. The Morgan fingerprint density at radius 3 is 2.40 bits per heavy atom. The van der Waals surface area contributed by atoms with Crippen molar-refractivity contribution in [1.82, 2.24) is 10.2 Å². The van der Waals surface area contributed by atoms with Crippen molar-refractivity contribution in [2.75, 3.05) is 18.4 Å². The van der Waals surface area contributed by atoms with Gasteiger partial charge in [-0.2, -0.15) is 0 Å². The number of rotatable bonds is 12. The lowest BCUT2D eigenvalue weighted by molar-refractivity contribution is -0.141. The van der Waals surface area contributed by atoms with Crippen LogP contribution in [-0.4, -0.2) is 76.0 Å². The highest BCUT2D eigenvalue weighted by atomic mass is 35.5. The quantitative estimate of drug-likeness (QED) is 0.0765. The van der Waals surface area contributed by atoms with Crippen LogP contribution in [0.15, 0.2) is 53.5 Å². The van der Waals surface area contributed by atoms with Crippen molar-refractivity contribution in [3.8, 4) is 5.75 Å². The summed E-state index contributed by atoms with van der Waals surface area (Å²) in [5.74, 6) is -3.56. The zero-order valence-electron chi connectivity index (χ0n) is 22.8. The number of carboxylic acids is 1. The van der Waals surface area contributed by atoms with E-state index >= 15 is 0 Å². The van der Waals surface area contributed by atoms with E-state index in [4.69, 9.17) is 17.2 Å². The Morgan fingerprint density at radius 1 is 1.07 bits per heavy atom. The third-order valence-corrected chi connectivity index (χ3v) is 6.53. The molecule has 0 bridgehead atoms. The van der Waals surface area contributed by atoms with Gasteiger partial charge in [-0.15, -0.1) is 24.8 Å². The normalized spacial score (nSPS) is 15.3. The van der Waals surface area contributed by atoms with Crippen LogP contribution < -0.4 is 27.8 Å². The summed E-state index contributed by atoms with van der Waals surface area (Å²) in [5, 5.41) is 24.4. The van der Waals surface area contributed by atoms with Crippen LogP contribution in [0.5, 0.6) is 5.75 Å². The average Bonchev–Trinajstić information content (AvgIpc) is 3.41. The number of carbonyl (C=O) groups excluding carboxylic acids is 3. The molecule has 0 unspecified atom stereocenters. The zero-order valence-corrected chi connectivity index (χ0v) is 24.4. The van der Waals surface area contributed by atoms with Gasteiger partial charge in [-0.3, -0.25) is 24.7 Å². The second-order valence-electron chi connectivity index (χ2n) is 9.52. The number of nitrogens with one attached hydrogen (secondary N) is 2. The predicted molar refractivity (Wildman–Crippen MR) is 163 cm³/mol. The molecule has 1 aliphatic rings. The Kier molecular flexibility index (Phi) is 14.6. The lowest BCUT2D eigenvalue weighted by Crippen LogP contribution is -2.54. The van der Waals surface area contributed by atoms with Crippen LogP contribution in [0.1, 0.15) is 41.6 Å². The number of guanidine groups is 1. The number of carbonyl (C=O) groups is 4. The summed E-state index contributed by atoms with van der Waals surface area (Å²) in [6, 6.07) is 10.4. The molecule has 42 heavy (non-hydrogen) atoms. The Bertz CT molecular complexity index is 1260. The van der Waals surface area contributed by atoms with E-state index in [1.54, 1.807) is 0 Å². The molecule has 0 aromatic heterocycles. The molecule has 3 amide bonds. The van der Waals surface area contributed by atoms with Gasteiger partial charge in [0, 0.05) is 18.8 Å². The van der Waals surface area contributed by atoms with Gasteiger partial charge in [0.15, 0.2) is 5.96 Å². The summed E-state index contributed by atoms with van der Waals surface area (Å²) in [6.45, 7) is 0.571. The third-order valence-electron chi connectivity index (χ3n) is 6.53. The van der Waals surface area contributed by atoms with Gasteiger partial charge in [-0.05, 0) is 55.9 Å². The van der Waals surface area contributed by atoms with E-state index in [9.17, 15) is 29.4 Å². The molecule has 13 nitrogen and oxygen atoms in total. The van der Waals surface area contributed by atoms with E-state index in [0.29, 0.717) is 32.2 Å². The number of nitrogens with zero attached hydrogens (tertiary/aromatic N) is 2. The van der Waals surface area contributed by atoms with Crippen LogP contribution in [0.4, 0.5) is 5.69 Å². The van der Waals surface area contributed by atoms with Crippen LogP contribution in [0.3, 0.4) is 0 Å². The zero-order chi connectivity index (χ0) is 29.2. The van der Waals surface area contributed by atoms with Gasteiger partial charge in [0.2, 0.25) is 17.7 Å². The second-order valence-corrected chi connectivity index (χ2v) is 9.52. The Labute approximate surface area is 255 Å². The lowest BCUT2D eigenvalue weighted by atomic mass is 10.0. The van der Waals surface area contributed by atoms with E-state index in [1.807, 2.05) is 30.3 Å². The minimum atomic E-state index is -1.35. The van der Waals surface area contributed by atoms with Gasteiger partial charge in [-0.25, -0.2) is 4.79 Å². The molecule has 1 aliphatic heterocycles. The summed E-state index contributed by atoms with van der Waals surface area (Å²) in [6.07, 6.45) is 1.83. The Morgan fingerprint density at radius 2 is 1.76 bits per heavy atom. The molecule has 0 radical (unpaired) electrons. The number of halogens is 2. The molecule has 2 aromatic rings. The van der Waals surface area contributed by atoms with Crippen molar-refractivity contribution in [3.63, 3.8) is 0 Å². The number of hydrogen-bond acceptors (Lipinski definition) is 8. The Balaban J connectivity index is 0.00000441. The molecule has 0 spiro atoms. The maximum absolute atomic E-state index is 13.2. The minimum Gasteiger partial charge on any atom is -0.507 e. The van der Waals surface area contributed by atoms with Crippen LogP contribution in [0.25, 0.3) is 0 Å². The number of nitrogens with two attached hydrogens (primary N) is 3. The highest BCUT2D eigenvalue weighted by Gasteiger charge is 2.37. The lowest BCUT2D eigenvalue weighted by Gasteiger charge is -2.27. The van der Waals surface area contributed by atoms with Gasteiger partial charge in [-0.1, -0.05) is 30.3 Å². The van der Waals surface area contributed by atoms with E-state index in [2.05, 4.69) is 15.6 Å². The van der Waals surface area contributed by atoms with E-state index in [0.717, 1.165) is 5.56 Å². The summed E-state index contributed by atoms with van der Waals surface area (Å²) >= 11 is 0. The molecule has 10 N–H and O–H groups in total. The molecular weight excluding hydrogens is 589 g/mol. The van der Waals surface area contributed by atoms with Gasteiger partial charge in [0.1, 0.15) is 23.4 Å². The molecular formula is C27H37Cl2N7O6. The van der Waals surface area contributed by atoms with Crippen molar-refractivity contribution in [1.29, 1.82) is 0 Å². The number of aromatic carboxylic acids is 1. The van der Waals surface area contributed by atoms with Gasteiger partial charge >= 0.3 is 5.97 Å². The van der Waals surface area contributed by atoms with Crippen molar-refractivity contribution in [2.45, 2.75) is 50.2 Å². The molecule has 15 heteroatoms. The largest absolute Gasteiger partial charge is 0.507 e. The molecule has 0 aliphatic carbocycles. The first-order chi connectivity index (χ1) is 19.1. The predicted octanol–water partition coefficient (Wildman–Crippen LogP) is 0.972. The van der Waals surface area contributed by atoms with Crippen molar-refractivity contribution in [2.24, 2.45) is 22.2 Å². The van der Waals surface area contributed by atoms with Crippen LogP contribution >= 0.6 is 24.8 Å². The molecule has 3 atom stereocenters. The number of imide groups is 1. The molecule has 1 heterocycles. The first-order valence-corrected chi connectivity index (χ1v) is 12.9. The topological polar surface area (TPSA) is 226 Å². The van der Waals surface area contributed by atoms with Gasteiger partial charge in [0.05, 0.1) is 6.04 Å². The molecule has 3 rings (SSSR count). The second kappa shape index (κ2) is 17.0. The third kappa shape index (κ3) is 10.1. The van der Waals surface area contributed by atoms with Crippen molar-refractivity contribution in [3.05, 3.63) is 59.7 Å². The number of anilines is 1. The fourth-order valence-corrected chi connectivity index (χ4v) is 4.53. The van der Waals surface area contributed by atoms with Crippen LogP contribution in [0, 0.1) is 0 Å². The number of carboxylic acid groups (broad SMARTS) is 1. The molecule has 230 valence electrons. The van der Waals surface area contributed by atoms with Crippen molar-refractivity contribution >= 4 is 60.2 Å². The number of aliphatic imine (C=N–C) groups is 1. The number of aromatic hydroxyl groups is 1. The Hall–Kier alpha value is -4.07. The first kappa shape index (κ1) is 36.0. The summed E-state index contributed by atoms with van der Waals surface area (Å²) in [5.41, 5.74) is 17.7. The molecule has 1 saturated heterocycles. The van der Waals surface area contributed by atoms with Crippen molar-refractivity contribution < 1.29 is 29.4 Å². The number of hydrogen-bond donors (Lipinski definition) is 7. The van der Waals surface area contributed by atoms with E-state index in [-0.39, 0.29) is 60.9 Å².